The maximum absolute atomic E-state index is 5.59. The molecule has 12 heavy (non-hydrogen) atoms. The third-order valence-electron chi connectivity index (χ3n) is 1.65. The van der Waals surface area contributed by atoms with E-state index in [1.807, 2.05) is 6.92 Å². The van der Waals surface area contributed by atoms with E-state index in [1.54, 1.807) is 0 Å². The van der Waals surface area contributed by atoms with Gasteiger partial charge in [-0.3, -0.25) is 0 Å². The van der Waals surface area contributed by atoms with E-state index in [9.17, 15) is 0 Å². The fourth-order valence-corrected chi connectivity index (χ4v) is 1.02. The van der Waals surface area contributed by atoms with Gasteiger partial charge in [0.15, 0.2) is 0 Å². The minimum atomic E-state index is -0.106. The molecule has 0 saturated carbocycles. The van der Waals surface area contributed by atoms with Crippen LogP contribution in [0.4, 0.5) is 0 Å². The quantitative estimate of drug-likeness (QED) is 0.623. The van der Waals surface area contributed by atoms with E-state index >= 15 is 0 Å². The molecule has 0 radical (unpaired) electrons. The zero-order chi connectivity index (χ0) is 8.97. The number of hydrogen-bond acceptors (Lipinski definition) is 6. The van der Waals surface area contributed by atoms with Gasteiger partial charge in [0.2, 0.25) is 0 Å². The first-order chi connectivity index (χ1) is 5.75. The Bertz CT molecular complexity index is 218. The molecular weight excluding hydrogens is 156 g/mol. The number of rotatable bonds is 2. The van der Waals surface area contributed by atoms with Crippen molar-refractivity contribution in [3.05, 3.63) is 0 Å². The molecule has 1 aliphatic heterocycles. The Labute approximate surface area is 70.4 Å². The molecular formula is C6H12N6. The normalized spacial score (nSPS) is 18.4. The highest BCUT2D eigenvalue weighted by Gasteiger charge is 2.18. The maximum atomic E-state index is 5.59. The Morgan fingerprint density at radius 3 is 2.08 bits per heavy atom. The Kier molecular flexibility index (Phi) is 2.73. The largest absolute Gasteiger partial charge is 0.385 e. The van der Waals surface area contributed by atoms with Crippen molar-refractivity contribution in [3.63, 3.8) is 0 Å². The smallest absolute Gasteiger partial charge is 0.135 e. The Balaban J connectivity index is 2.80. The van der Waals surface area contributed by atoms with E-state index in [2.05, 4.69) is 20.6 Å². The van der Waals surface area contributed by atoms with Gasteiger partial charge in [-0.15, -0.1) is 10.2 Å². The van der Waals surface area contributed by atoms with E-state index in [0.29, 0.717) is 11.7 Å². The average molecular weight is 168 g/mol. The highest BCUT2D eigenvalue weighted by molar-refractivity contribution is 6.04. The third-order valence-corrected chi connectivity index (χ3v) is 1.65. The minimum absolute atomic E-state index is 0.106. The van der Waals surface area contributed by atoms with Crippen molar-refractivity contribution in [1.29, 1.82) is 0 Å². The zero-order valence-corrected chi connectivity index (χ0v) is 6.94. The second-order valence-corrected chi connectivity index (χ2v) is 2.57. The number of hydrogen-bond donors (Lipinski definition) is 2. The lowest BCUT2D eigenvalue weighted by molar-refractivity contribution is 0.739. The fraction of sp³-hybridized carbons (Fsp3) is 0.667. The molecule has 6 heteroatoms. The summed E-state index contributed by atoms with van der Waals surface area (Å²) in [7, 11) is 0. The Hall–Kier alpha value is -1.46. The summed E-state index contributed by atoms with van der Waals surface area (Å²) in [4.78, 5) is 0. The highest BCUT2D eigenvalue weighted by Crippen LogP contribution is 2.09. The first kappa shape index (κ1) is 8.63. The van der Waals surface area contributed by atoms with Crippen LogP contribution in [0.25, 0.3) is 0 Å². The van der Waals surface area contributed by atoms with Gasteiger partial charge in [0.05, 0.1) is 5.92 Å². The van der Waals surface area contributed by atoms with E-state index in [0.717, 1.165) is 12.8 Å². The van der Waals surface area contributed by atoms with Gasteiger partial charge in [0.1, 0.15) is 11.7 Å². The van der Waals surface area contributed by atoms with Crippen molar-refractivity contribution < 1.29 is 0 Å². The van der Waals surface area contributed by atoms with Crippen LogP contribution in [0.3, 0.4) is 0 Å². The van der Waals surface area contributed by atoms with E-state index in [4.69, 9.17) is 11.5 Å². The van der Waals surface area contributed by atoms with Crippen LogP contribution in [0, 0.1) is 5.92 Å². The molecule has 6 nitrogen and oxygen atoms in total. The molecule has 0 aliphatic carbocycles. The first-order valence-corrected chi connectivity index (χ1v) is 3.82. The van der Waals surface area contributed by atoms with Crippen molar-refractivity contribution in [3.8, 4) is 0 Å². The summed E-state index contributed by atoms with van der Waals surface area (Å²) in [6.45, 7) is 2.04. The van der Waals surface area contributed by atoms with Gasteiger partial charge in [0.25, 0.3) is 0 Å². The molecule has 0 aromatic rings. The van der Waals surface area contributed by atoms with Crippen LogP contribution < -0.4 is 11.5 Å². The molecule has 1 rings (SSSR count). The Morgan fingerprint density at radius 1 is 1.17 bits per heavy atom. The lowest BCUT2D eigenvalue weighted by Crippen LogP contribution is -2.34. The monoisotopic (exact) mass is 168 g/mol. The number of nitrogens with zero attached hydrogens (tertiary/aromatic N) is 4. The summed E-state index contributed by atoms with van der Waals surface area (Å²) in [6.07, 6.45) is 1.80. The van der Waals surface area contributed by atoms with Crippen LogP contribution in [0.1, 0.15) is 19.8 Å². The topological polar surface area (TPSA) is 101 Å². The second-order valence-electron chi connectivity index (χ2n) is 2.57. The summed E-state index contributed by atoms with van der Waals surface area (Å²) in [5.41, 5.74) is 11.2. The van der Waals surface area contributed by atoms with Crippen molar-refractivity contribution >= 4 is 11.7 Å². The summed E-state index contributed by atoms with van der Waals surface area (Å²) >= 11 is 0. The van der Waals surface area contributed by atoms with Gasteiger partial charge < -0.3 is 11.5 Å². The Morgan fingerprint density at radius 2 is 1.67 bits per heavy atom. The summed E-state index contributed by atoms with van der Waals surface area (Å²) in [6, 6.07) is 0. The molecule has 1 heterocycles. The maximum Gasteiger partial charge on any atom is 0.135 e. The van der Waals surface area contributed by atoms with Crippen molar-refractivity contribution in [1.82, 2.24) is 0 Å². The SMILES string of the molecule is CCCC1C(N)=NN=NN=C1N. The third kappa shape index (κ3) is 1.77. The van der Waals surface area contributed by atoms with E-state index < -0.39 is 0 Å². The summed E-state index contributed by atoms with van der Waals surface area (Å²) in [5, 5.41) is 14.0. The lowest BCUT2D eigenvalue weighted by atomic mass is 10.0. The van der Waals surface area contributed by atoms with Crippen molar-refractivity contribution in [2.45, 2.75) is 19.8 Å². The van der Waals surface area contributed by atoms with Crippen LogP contribution in [0.2, 0.25) is 0 Å². The molecule has 66 valence electrons. The summed E-state index contributed by atoms with van der Waals surface area (Å²) in [5.74, 6) is 0.670. The zero-order valence-electron chi connectivity index (χ0n) is 6.94. The second kappa shape index (κ2) is 3.80. The molecule has 0 bridgehead atoms. The minimum Gasteiger partial charge on any atom is -0.385 e. The molecule has 4 N–H and O–H groups in total. The summed E-state index contributed by atoms with van der Waals surface area (Å²) < 4.78 is 0. The molecule has 0 atom stereocenters. The lowest BCUT2D eigenvalue weighted by Gasteiger charge is -2.10. The van der Waals surface area contributed by atoms with E-state index in [1.165, 1.54) is 0 Å². The standard InChI is InChI=1S/C6H12N6/c1-2-3-4-5(7)9-11-12-10-6(4)8/h4H,2-3H2,1H3,(H2,7,9,12)(H2,8,10,11). The molecule has 0 amide bonds. The molecule has 0 spiro atoms. The van der Waals surface area contributed by atoms with Crippen LogP contribution in [-0.2, 0) is 0 Å². The number of amidine groups is 2. The van der Waals surface area contributed by atoms with Crippen molar-refractivity contribution in [2.24, 2.45) is 38.0 Å². The molecule has 0 saturated heterocycles. The molecule has 0 aromatic heterocycles. The van der Waals surface area contributed by atoms with E-state index in [-0.39, 0.29) is 5.92 Å². The van der Waals surface area contributed by atoms with Gasteiger partial charge in [-0.2, -0.15) is 0 Å². The number of nitrogens with two attached hydrogens (primary N) is 2. The fourth-order valence-electron chi connectivity index (χ4n) is 1.02. The first-order valence-electron chi connectivity index (χ1n) is 3.82. The highest BCUT2D eigenvalue weighted by atomic mass is 15.5. The molecule has 0 aromatic carbocycles. The average Bonchev–Trinajstić information content (AvgIpc) is 2.19. The van der Waals surface area contributed by atoms with Gasteiger partial charge in [-0.05, 0) is 16.9 Å². The van der Waals surface area contributed by atoms with Gasteiger partial charge in [-0.1, -0.05) is 13.3 Å². The van der Waals surface area contributed by atoms with Gasteiger partial charge in [-0.25, -0.2) is 0 Å². The van der Waals surface area contributed by atoms with Gasteiger partial charge >= 0.3 is 0 Å². The predicted octanol–water partition coefficient (Wildman–Crippen LogP) is 0.413. The van der Waals surface area contributed by atoms with Crippen LogP contribution in [0.15, 0.2) is 20.6 Å². The molecule has 1 aliphatic rings. The van der Waals surface area contributed by atoms with Crippen LogP contribution >= 0.6 is 0 Å². The van der Waals surface area contributed by atoms with Crippen LogP contribution in [0.5, 0.6) is 0 Å². The molecule has 0 fully saturated rings. The molecule has 0 unspecified atom stereocenters. The van der Waals surface area contributed by atoms with Gasteiger partial charge in [0, 0.05) is 0 Å². The predicted molar refractivity (Wildman–Crippen MR) is 46.5 cm³/mol. The van der Waals surface area contributed by atoms with Crippen LogP contribution in [-0.4, -0.2) is 11.7 Å². The van der Waals surface area contributed by atoms with Crippen molar-refractivity contribution in [2.75, 3.05) is 0 Å².